The lowest BCUT2D eigenvalue weighted by atomic mass is 9.84. The lowest BCUT2D eigenvalue weighted by Gasteiger charge is -2.31. The molecule has 2 rings (SSSR count). The van der Waals surface area contributed by atoms with E-state index in [-0.39, 0.29) is 5.78 Å². The van der Waals surface area contributed by atoms with Gasteiger partial charge in [-0.1, -0.05) is 0 Å². The number of Topliss-reactive ketones (excluding diaryl/α,β-unsaturated/α-hetero) is 1. The molecule has 94 valence electrons. The third-order valence-corrected chi connectivity index (χ3v) is 3.34. The number of carbonyl (C=O) groups is 1. The summed E-state index contributed by atoms with van der Waals surface area (Å²) in [5.74, 6) is 0.143. The van der Waals surface area contributed by atoms with Gasteiger partial charge in [0.2, 0.25) is 0 Å². The average molecular weight is 237 g/mol. The first kappa shape index (κ1) is 12.3. The third-order valence-electron chi connectivity index (χ3n) is 3.34. The molecule has 1 aliphatic heterocycles. The van der Waals surface area contributed by atoms with Gasteiger partial charge in [-0.05, 0) is 24.8 Å². The summed E-state index contributed by atoms with van der Waals surface area (Å²) < 4.78 is 6.98. The summed E-state index contributed by atoms with van der Waals surface area (Å²) in [6.07, 6.45) is 6.20. The van der Waals surface area contributed by atoms with Crippen molar-refractivity contribution in [1.82, 2.24) is 9.78 Å². The molecule has 17 heavy (non-hydrogen) atoms. The van der Waals surface area contributed by atoms with Crippen molar-refractivity contribution in [2.45, 2.75) is 31.2 Å². The van der Waals surface area contributed by atoms with E-state index in [2.05, 4.69) is 5.10 Å². The summed E-state index contributed by atoms with van der Waals surface area (Å²) in [5.41, 5.74) is 6.54. The van der Waals surface area contributed by atoms with Crippen molar-refractivity contribution >= 4 is 5.78 Å². The van der Waals surface area contributed by atoms with Crippen LogP contribution in [0.15, 0.2) is 12.4 Å². The summed E-state index contributed by atoms with van der Waals surface area (Å²) in [5, 5.41) is 4.08. The van der Waals surface area contributed by atoms with Crippen molar-refractivity contribution in [3.63, 3.8) is 0 Å². The number of nitrogens with two attached hydrogens (primary N) is 1. The van der Waals surface area contributed by atoms with Gasteiger partial charge in [-0.2, -0.15) is 5.10 Å². The van der Waals surface area contributed by atoms with Crippen LogP contribution in [0, 0.1) is 0 Å². The minimum absolute atomic E-state index is 0.143. The number of carbonyl (C=O) groups excluding carboxylic acids is 1. The quantitative estimate of drug-likeness (QED) is 0.824. The standard InChI is InChI=1S/C12H19N3O2/c1-15-9-10(8-14-15)2-3-11(16)12(13)4-6-17-7-5-12/h8-9H,2-7,13H2,1H3. The molecule has 5 heteroatoms. The van der Waals surface area contributed by atoms with Gasteiger partial charge in [0.1, 0.15) is 0 Å². The van der Waals surface area contributed by atoms with Gasteiger partial charge in [-0.25, -0.2) is 0 Å². The number of aryl methyl sites for hydroxylation is 2. The molecule has 1 aromatic heterocycles. The molecule has 5 nitrogen and oxygen atoms in total. The van der Waals surface area contributed by atoms with Crippen LogP contribution in [-0.2, 0) is 23.0 Å². The van der Waals surface area contributed by atoms with Crippen LogP contribution in [0.1, 0.15) is 24.8 Å². The molecule has 0 spiro atoms. The number of hydrogen-bond acceptors (Lipinski definition) is 4. The highest BCUT2D eigenvalue weighted by atomic mass is 16.5. The van der Waals surface area contributed by atoms with Crippen molar-refractivity contribution in [2.24, 2.45) is 12.8 Å². The van der Waals surface area contributed by atoms with E-state index < -0.39 is 5.54 Å². The van der Waals surface area contributed by atoms with Gasteiger partial charge in [0, 0.05) is 32.9 Å². The Balaban J connectivity index is 1.88. The van der Waals surface area contributed by atoms with Crippen molar-refractivity contribution < 1.29 is 9.53 Å². The summed E-state index contributed by atoms with van der Waals surface area (Å²) in [4.78, 5) is 12.1. The predicted molar refractivity (Wildman–Crippen MR) is 63.5 cm³/mol. The van der Waals surface area contributed by atoms with Gasteiger partial charge in [0.25, 0.3) is 0 Å². The normalized spacial score (nSPS) is 19.2. The molecule has 0 amide bonds. The van der Waals surface area contributed by atoms with E-state index in [1.807, 2.05) is 13.2 Å². The van der Waals surface area contributed by atoms with Gasteiger partial charge in [0.15, 0.2) is 5.78 Å². The Hall–Kier alpha value is -1.20. The monoisotopic (exact) mass is 237 g/mol. The van der Waals surface area contributed by atoms with Crippen LogP contribution < -0.4 is 5.73 Å². The molecule has 2 heterocycles. The lowest BCUT2D eigenvalue weighted by Crippen LogP contribution is -2.52. The highest BCUT2D eigenvalue weighted by Gasteiger charge is 2.34. The molecule has 0 saturated carbocycles. The van der Waals surface area contributed by atoms with E-state index in [1.165, 1.54) is 0 Å². The second-order valence-electron chi connectivity index (χ2n) is 4.71. The highest BCUT2D eigenvalue weighted by molar-refractivity contribution is 5.88. The molecule has 1 fully saturated rings. The number of ketones is 1. The van der Waals surface area contributed by atoms with Crippen LogP contribution >= 0.6 is 0 Å². The highest BCUT2D eigenvalue weighted by Crippen LogP contribution is 2.21. The summed E-state index contributed by atoms with van der Waals surface area (Å²) in [6.45, 7) is 1.18. The van der Waals surface area contributed by atoms with Crippen molar-refractivity contribution in [2.75, 3.05) is 13.2 Å². The predicted octanol–water partition coefficient (Wildman–Crippen LogP) is 0.430. The molecule has 1 aliphatic rings. The van der Waals surface area contributed by atoms with Crippen molar-refractivity contribution in [3.8, 4) is 0 Å². The maximum Gasteiger partial charge on any atom is 0.153 e. The fourth-order valence-corrected chi connectivity index (χ4v) is 2.12. The Labute approximate surface area is 101 Å². The van der Waals surface area contributed by atoms with E-state index in [4.69, 9.17) is 10.5 Å². The molecule has 0 radical (unpaired) electrons. The zero-order valence-corrected chi connectivity index (χ0v) is 10.2. The Bertz CT molecular complexity index is 394. The van der Waals surface area contributed by atoms with E-state index in [0.717, 1.165) is 5.56 Å². The van der Waals surface area contributed by atoms with Crippen LogP contribution in [0.4, 0.5) is 0 Å². The molecule has 0 aliphatic carbocycles. The number of nitrogens with zero attached hydrogens (tertiary/aromatic N) is 2. The maximum absolute atomic E-state index is 12.1. The lowest BCUT2D eigenvalue weighted by molar-refractivity contribution is -0.127. The fraction of sp³-hybridized carbons (Fsp3) is 0.667. The zero-order chi connectivity index (χ0) is 12.3. The van der Waals surface area contributed by atoms with Gasteiger partial charge in [0.05, 0.1) is 11.7 Å². The third kappa shape index (κ3) is 2.92. The zero-order valence-electron chi connectivity index (χ0n) is 10.2. The Kier molecular flexibility index (Phi) is 3.59. The smallest absolute Gasteiger partial charge is 0.153 e. The summed E-state index contributed by atoms with van der Waals surface area (Å²) in [6, 6.07) is 0. The molecule has 0 atom stereocenters. The van der Waals surface area contributed by atoms with Crippen LogP contribution in [0.2, 0.25) is 0 Å². The van der Waals surface area contributed by atoms with Crippen molar-refractivity contribution in [3.05, 3.63) is 18.0 Å². The van der Waals surface area contributed by atoms with Gasteiger partial charge in [-0.3, -0.25) is 9.48 Å². The second kappa shape index (κ2) is 4.98. The van der Waals surface area contributed by atoms with E-state index in [1.54, 1.807) is 10.9 Å². The minimum atomic E-state index is -0.666. The Morgan fingerprint density at radius 2 is 2.29 bits per heavy atom. The van der Waals surface area contributed by atoms with Gasteiger partial charge < -0.3 is 10.5 Å². The number of rotatable bonds is 4. The molecule has 0 aromatic carbocycles. The molecule has 2 N–H and O–H groups in total. The van der Waals surface area contributed by atoms with Gasteiger partial charge in [-0.15, -0.1) is 0 Å². The first-order valence-electron chi connectivity index (χ1n) is 5.98. The first-order valence-corrected chi connectivity index (χ1v) is 5.98. The fourth-order valence-electron chi connectivity index (χ4n) is 2.12. The average Bonchev–Trinajstić information content (AvgIpc) is 2.73. The Morgan fingerprint density at radius 1 is 1.59 bits per heavy atom. The summed E-state index contributed by atoms with van der Waals surface area (Å²) >= 11 is 0. The number of hydrogen-bond donors (Lipinski definition) is 1. The summed E-state index contributed by atoms with van der Waals surface area (Å²) in [7, 11) is 1.87. The topological polar surface area (TPSA) is 70.1 Å². The van der Waals surface area contributed by atoms with Crippen LogP contribution in [0.25, 0.3) is 0 Å². The maximum atomic E-state index is 12.1. The van der Waals surface area contributed by atoms with E-state index >= 15 is 0 Å². The molecule has 0 bridgehead atoms. The van der Waals surface area contributed by atoms with Crippen LogP contribution in [0.5, 0.6) is 0 Å². The SMILES string of the molecule is Cn1cc(CCC(=O)C2(N)CCOCC2)cn1. The van der Waals surface area contributed by atoms with Gasteiger partial charge >= 0.3 is 0 Å². The Morgan fingerprint density at radius 3 is 2.88 bits per heavy atom. The molecule has 1 aromatic rings. The van der Waals surface area contributed by atoms with Crippen LogP contribution in [0.3, 0.4) is 0 Å². The van der Waals surface area contributed by atoms with Crippen molar-refractivity contribution in [1.29, 1.82) is 0 Å². The first-order chi connectivity index (χ1) is 8.10. The molecule has 1 saturated heterocycles. The molecule has 0 unspecified atom stereocenters. The van der Waals surface area contributed by atoms with E-state index in [0.29, 0.717) is 38.9 Å². The molecular weight excluding hydrogens is 218 g/mol. The van der Waals surface area contributed by atoms with E-state index in [9.17, 15) is 4.79 Å². The molecular formula is C12H19N3O2. The second-order valence-corrected chi connectivity index (χ2v) is 4.71. The van der Waals surface area contributed by atoms with Crippen LogP contribution in [-0.4, -0.2) is 34.3 Å². The minimum Gasteiger partial charge on any atom is -0.381 e. The largest absolute Gasteiger partial charge is 0.381 e. The number of aromatic nitrogens is 2. The number of ether oxygens (including phenoxy) is 1.